The van der Waals surface area contributed by atoms with E-state index >= 15 is 0 Å². The van der Waals surface area contributed by atoms with Crippen LogP contribution in [0, 0.1) is 0 Å². The molecule has 5 heteroatoms. The minimum Gasteiger partial charge on any atom is -0.292 e. The first-order valence-electron chi connectivity index (χ1n) is 3.12. The van der Waals surface area contributed by atoms with E-state index in [1.54, 1.807) is 12.5 Å². The van der Waals surface area contributed by atoms with Gasteiger partial charge in [-0.3, -0.25) is 9.56 Å². The Morgan fingerprint density at radius 1 is 1.55 bits per heavy atom. The predicted octanol–water partition coefficient (Wildman–Crippen LogP) is 0.894. The average molecular weight is 213 g/mol. The second-order valence-corrected chi connectivity index (χ2v) is 2.79. The van der Waals surface area contributed by atoms with Crippen molar-refractivity contribution in [2.45, 2.75) is 0 Å². The van der Waals surface area contributed by atoms with E-state index in [1.807, 2.05) is 10.8 Å². The van der Waals surface area contributed by atoms with Crippen molar-refractivity contribution in [1.29, 1.82) is 0 Å². The Labute approximate surface area is 71.8 Å². The highest BCUT2D eigenvalue weighted by Crippen LogP contribution is 2.03. The van der Waals surface area contributed by atoms with Gasteiger partial charge in [0.2, 0.25) is 0 Å². The normalized spacial score (nSPS) is 16.5. The fourth-order valence-electron chi connectivity index (χ4n) is 0.864. The lowest BCUT2D eigenvalue weighted by atomic mass is 10.6. The van der Waals surface area contributed by atoms with Gasteiger partial charge in [0.05, 0.1) is 0 Å². The maximum absolute atomic E-state index is 4.14. The highest BCUT2D eigenvalue weighted by Gasteiger charge is 2.07. The van der Waals surface area contributed by atoms with Gasteiger partial charge in [0.15, 0.2) is 4.74 Å². The van der Waals surface area contributed by atoms with Gasteiger partial charge in [-0.15, -0.1) is 0 Å². The lowest BCUT2D eigenvalue weighted by Gasteiger charge is -1.95. The van der Waals surface area contributed by atoms with Gasteiger partial charge >= 0.3 is 0 Å². The molecule has 0 aliphatic carbocycles. The number of hydrogen-bond acceptors (Lipinski definition) is 3. The number of nitrogens with zero attached hydrogens (tertiary/aromatic N) is 4. The van der Waals surface area contributed by atoms with Crippen LogP contribution in [0.4, 0.5) is 0 Å². The summed E-state index contributed by atoms with van der Waals surface area (Å²) >= 11 is 3.19. The van der Waals surface area contributed by atoms with E-state index in [0.717, 1.165) is 5.84 Å². The van der Waals surface area contributed by atoms with Crippen molar-refractivity contribution >= 4 is 26.5 Å². The second-order valence-electron chi connectivity index (χ2n) is 2.08. The van der Waals surface area contributed by atoms with Crippen molar-refractivity contribution in [3.63, 3.8) is 0 Å². The Morgan fingerprint density at radius 2 is 2.45 bits per heavy atom. The molecule has 0 fully saturated rings. The summed E-state index contributed by atoms with van der Waals surface area (Å²) in [7, 11) is 0. The highest BCUT2D eigenvalue weighted by atomic mass is 79.9. The van der Waals surface area contributed by atoms with Crippen LogP contribution >= 0.6 is 15.9 Å². The first kappa shape index (κ1) is 6.72. The van der Waals surface area contributed by atoms with Gasteiger partial charge in [-0.1, -0.05) is 0 Å². The molecule has 0 saturated carbocycles. The summed E-state index contributed by atoms with van der Waals surface area (Å²) in [4.78, 5) is 12.1. The van der Waals surface area contributed by atoms with E-state index in [0.29, 0.717) is 11.3 Å². The number of aromatic nitrogens is 2. The van der Waals surface area contributed by atoms with Gasteiger partial charge in [-0.2, -0.15) is 0 Å². The summed E-state index contributed by atoms with van der Waals surface area (Å²) in [6, 6.07) is 0. The molecule has 1 aromatic heterocycles. The zero-order valence-electron chi connectivity index (χ0n) is 5.61. The molecule has 0 aromatic carbocycles. The first-order chi connectivity index (χ1) is 5.36. The van der Waals surface area contributed by atoms with Crippen LogP contribution in [0.2, 0.25) is 0 Å². The first-order valence-corrected chi connectivity index (χ1v) is 3.91. The minimum absolute atomic E-state index is 0.622. The predicted molar refractivity (Wildman–Crippen MR) is 46.3 cm³/mol. The minimum atomic E-state index is 0.622. The standard InChI is InChI=1S/C6H5BrN4/c7-6-9-3-5(10-6)11-2-1-8-4-11/h1-2,4H,3H2. The maximum atomic E-state index is 4.14. The van der Waals surface area contributed by atoms with Crippen LogP contribution in [-0.4, -0.2) is 26.7 Å². The molecular weight excluding hydrogens is 208 g/mol. The van der Waals surface area contributed by atoms with Crippen molar-refractivity contribution in [3.05, 3.63) is 18.7 Å². The summed E-state index contributed by atoms with van der Waals surface area (Å²) in [5.74, 6) is 0.898. The molecule has 4 nitrogen and oxygen atoms in total. The highest BCUT2D eigenvalue weighted by molar-refractivity contribution is 9.18. The fourth-order valence-corrected chi connectivity index (χ4v) is 1.19. The molecule has 11 heavy (non-hydrogen) atoms. The van der Waals surface area contributed by atoms with Crippen LogP contribution in [-0.2, 0) is 0 Å². The molecule has 1 aliphatic heterocycles. The van der Waals surface area contributed by atoms with Crippen LogP contribution in [0.5, 0.6) is 0 Å². The number of halogens is 1. The van der Waals surface area contributed by atoms with Crippen LogP contribution in [0.3, 0.4) is 0 Å². The van der Waals surface area contributed by atoms with Gasteiger partial charge in [-0.05, 0) is 15.9 Å². The monoisotopic (exact) mass is 212 g/mol. The molecule has 2 heterocycles. The lowest BCUT2D eigenvalue weighted by molar-refractivity contribution is 1.09. The third-order valence-corrected chi connectivity index (χ3v) is 1.80. The van der Waals surface area contributed by atoms with Crippen molar-refractivity contribution < 1.29 is 0 Å². The number of aliphatic imine (C=N–C) groups is 2. The lowest BCUT2D eigenvalue weighted by Crippen LogP contribution is -2.10. The van der Waals surface area contributed by atoms with E-state index in [4.69, 9.17) is 0 Å². The number of imidazole rings is 1. The van der Waals surface area contributed by atoms with Crippen molar-refractivity contribution in [2.75, 3.05) is 6.54 Å². The van der Waals surface area contributed by atoms with Gasteiger partial charge in [0.25, 0.3) is 0 Å². The van der Waals surface area contributed by atoms with Gasteiger partial charge in [-0.25, -0.2) is 9.98 Å². The Kier molecular flexibility index (Phi) is 1.58. The fraction of sp³-hybridized carbons (Fsp3) is 0.167. The Bertz CT molecular complexity index is 311. The summed E-state index contributed by atoms with van der Waals surface area (Å²) < 4.78 is 2.50. The molecule has 0 unspecified atom stereocenters. The summed E-state index contributed by atoms with van der Waals surface area (Å²) in [5, 5.41) is 0. The molecule has 0 spiro atoms. The van der Waals surface area contributed by atoms with E-state index < -0.39 is 0 Å². The quantitative estimate of drug-likeness (QED) is 0.590. The Balaban J connectivity index is 2.28. The Morgan fingerprint density at radius 3 is 3.00 bits per heavy atom. The topological polar surface area (TPSA) is 42.5 Å². The molecule has 2 rings (SSSR count). The van der Waals surface area contributed by atoms with Crippen LogP contribution in [0.15, 0.2) is 28.7 Å². The average Bonchev–Trinajstić information content (AvgIpc) is 2.55. The number of rotatable bonds is 0. The summed E-state index contributed by atoms with van der Waals surface area (Å²) in [6.07, 6.45) is 5.27. The molecule has 0 amide bonds. The van der Waals surface area contributed by atoms with Gasteiger partial charge < -0.3 is 0 Å². The maximum Gasteiger partial charge on any atom is 0.194 e. The number of hydrogen-bond donors (Lipinski definition) is 0. The molecule has 1 aromatic rings. The third kappa shape index (κ3) is 1.23. The van der Waals surface area contributed by atoms with E-state index in [2.05, 4.69) is 30.9 Å². The zero-order chi connectivity index (χ0) is 7.68. The summed E-state index contributed by atoms with van der Waals surface area (Å²) in [6.45, 7) is 0.622. The second kappa shape index (κ2) is 2.58. The summed E-state index contributed by atoms with van der Waals surface area (Å²) in [5.41, 5.74) is 0. The van der Waals surface area contributed by atoms with E-state index in [9.17, 15) is 0 Å². The number of amidine groups is 1. The van der Waals surface area contributed by atoms with Crippen LogP contribution < -0.4 is 0 Å². The zero-order valence-corrected chi connectivity index (χ0v) is 7.19. The van der Waals surface area contributed by atoms with Crippen molar-refractivity contribution in [2.24, 2.45) is 9.98 Å². The molecule has 56 valence electrons. The molecule has 0 atom stereocenters. The third-order valence-electron chi connectivity index (χ3n) is 1.37. The van der Waals surface area contributed by atoms with E-state index in [1.165, 1.54) is 0 Å². The van der Waals surface area contributed by atoms with Crippen molar-refractivity contribution in [1.82, 2.24) is 9.55 Å². The molecular formula is C6H5BrN4. The van der Waals surface area contributed by atoms with Crippen LogP contribution in [0.25, 0.3) is 0 Å². The molecule has 0 N–H and O–H groups in total. The molecule has 1 aliphatic rings. The molecule has 0 saturated heterocycles. The molecule has 0 radical (unpaired) electrons. The largest absolute Gasteiger partial charge is 0.292 e. The smallest absolute Gasteiger partial charge is 0.194 e. The van der Waals surface area contributed by atoms with Gasteiger partial charge in [0.1, 0.15) is 18.7 Å². The molecule has 0 bridgehead atoms. The van der Waals surface area contributed by atoms with E-state index in [-0.39, 0.29) is 0 Å². The Hall–Kier alpha value is -0.970. The SMILES string of the molecule is BrC1=NCC(n2ccnc2)=N1. The van der Waals surface area contributed by atoms with Gasteiger partial charge in [0, 0.05) is 12.4 Å². The van der Waals surface area contributed by atoms with Crippen molar-refractivity contribution in [3.8, 4) is 0 Å². The van der Waals surface area contributed by atoms with Crippen LogP contribution in [0.1, 0.15) is 0 Å².